The Bertz CT molecular complexity index is 2070. The summed E-state index contributed by atoms with van der Waals surface area (Å²) in [5.74, 6) is 0.346. The normalized spacial score (nSPS) is 16.3. The predicted molar refractivity (Wildman–Crippen MR) is 161 cm³/mol. The molecule has 1 unspecified atom stereocenters. The first kappa shape index (κ1) is 29.0. The van der Waals surface area contributed by atoms with Gasteiger partial charge in [-0.25, -0.2) is 30.8 Å². The van der Waals surface area contributed by atoms with E-state index in [0.717, 1.165) is 28.6 Å². The quantitative estimate of drug-likeness (QED) is 0.291. The van der Waals surface area contributed by atoms with Gasteiger partial charge in [0, 0.05) is 43.4 Å². The number of hydrogen-bond acceptors (Lipinski definition) is 8. The first-order valence-corrected chi connectivity index (χ1v) is 17.2. The Kier molecular flexibility index (Phi) is 7.35. The van der Waals surface area contributed by atoms with Crippen LogP contribution in [0.1, 0.15) is 36.6 Å². The van der Waals surface area contributed by atoms with Crippen LogP contribution in [0.2, 0.25) is 0 Å². The molecular weight excluding hydrogens is 590 g/mol. The van der Waals surface area contributed by atoms with Crippen LogP contribution in [0.5, 0.6) is 0 Å². The summed E-state index contributed by atoms with van der Waals surface area (Å²) in [6.45, 7) is 2.64. The Morgan fingerprint density at radius 1 is 0.977 bits per heavy atom. The molecule has 2 aromatic carbocycles. The van der Waals surface area contributed by atoms with Gasteiger partial charge in [0.25, 0.3) is 10.0 Å². The molecule has 4 heterocycles. The molecule has 6 rings (SSSR count). The molecule has 1 N–H and O–H groups in total. The Morgan fingerprint density at radius 3 is 2.35 bits per heavy atom. The number of hydrogen-bond donors (Lipinski definition) is 1. The van der Waals surface area contributed by atoms with E-state index in [2.05, 4.69) is 4.98 Å². The molecule has 5 aromatic rings. The van der Waals surface area contributed by atoms with E-state index in [9.17, 15) is 26.7 Å². The highest BCUT2D eigenvalue weighted by atomic mass is 32.2. The lowest BCUT2D eigenvalue weighted by atomic mass is 9.97. The number of imidazole rings is 1. The second-order valence-electron chi connectivity index (χ2n) is 10.9. The van der Waals surface area contributed by atoms with Gasteiger partial charge < -0.3 is 10.0 Å². The minimum atomic E-state index is -3.95. The van der Waals surface area contributed by atoms with E-state index in [0.29, 0.717) is 41.2 Å². The van der Waals surface area contributed by atoms with Crippen LogP contribution in [0.15, 0.2) is 76.8 Å². The highest BCUT2D eigenvalue weighted by Gasteiger charge is 2.30. The van der Waals surface area contributed by atoms with Gasteiger partial charge >= 0.3 is 0 Å². The number of sulfone groups is 1. The Hall–Kier alpha value is -4.07. The standard InChI is InChI=1S/C30H31N5O6S2/c1-20-5-9-24(10-6-20)43(40,41)34-16-13-25-30(34)31-18-26-28(21-7-11-23(12-8-21)42(2,38)39)32-29(35(25)26)22-4-3-15-33(19-22)27(37)14-17-36/h5-13,16,18,22,36H,3-4,14-15,17,19H2,1-2H3. The minimum Gasteiger partial charge on any atom is -0.396 e. The lowest BCUT2D eigenvalue weighted by molar-refractivity contribution is -0.133. The van der Waals surface area contributed by atoms with Crippen LogP contribution >= 0.6 is 0 Å². The molecule has 0 bridgehead atoms. The molecule has 3 aromatic heterocycles. The SMILES string of the molecule is Cc1ccc(S(=O)(=O)n2ccc3c2ncc2c(-c4ccc(S(C)(=O)=O)cc4)nc(C4CCCN(C(=O)CCO)C4)n23)cc1. The fraction of sp³-hybridized carbons (Fsp3) is 0.300. The van der Waals surface area contributed by atoms with E-state index in [1.165, 1.54) is 18.3 Å². The molecule has 1 aliphatic heterocycles. The molecule has 1 atom stereocenters. The first-order chi connectivity index (χ1) is 20.5. The number of likely N-dealkylation sites (tertiary alicyclic amines) is 1. The number of benzene rings is 2. The second-order valence-corrected chi connectivity index (χ2v) is 14.7. The summed E-state index contributed by atoms with van der Waals surface area (Å²) in [6, 6.07) is 14.8. The van der Waals surface area contributed by atoms with Gasteiger partial charge in [-0.1, -0.05) is 29.8 Å². The fourth-order valence-corrected chi connectivity index (χ4v) is 7.60. The van der Waals surface area contributed by atoms with E-state index in [-0.39, 0.29) is 40.3 Å². The van der Waals surface area contributed by atoms with Crippen molar-refractivity contribution in [2.45, 2.75) is 41.9 Å². The van der Waals surface area contributed by atoms with Gasteiger partial charge in [0.1, 0.15) is 5.82 Å². The third-order valence-electron chi connectivity index (χ3n) is 7.89. The average Bonchev–Trinajstić information content (AvgIpc) is 3.60. The monoisotopic (exact) mass is 621 g/mol. The largest absolute Gasteiger partial charge is 0.396 e. The van der Waals surface area contributed by atoms with Crippen molar-refractivity contribution in [3.63, 3.8) is 0 Å². The highest BCUT2D eigenvalue weighted by molar-refractivity contribution is 7.90. The maximum absolute atomic E-state index is 13.6. The van der Waals surface area contributed by atoms with E-state index in [1.54, 1.807) is 53.6 Å². The molecular formula is C30H31N5O6S2. The maximum Gasteiger partial charge on any atom is 0.269 e. The summed E-state index contributed by atoms with van der Waals surface area (Å²) < 4.78 is 54.5. The van der Waals surface area contributed by atoms with E-state index >= 15 is 0 Å². The van der Waals surface area contributed by atoms with Gasteiger partial charge in [0.15, 0.2) is 15.5 Å². The van der Waals surface area contributed by atoms with Crippen molar-refractivity contribution in [3.8, 4) is 11.3 Å². The zero-order valence-electron chi connectivity index (χ0n) is 23.7. The van der Waals surface area contributed by atoms with E-state index in [1.807, 2.05) is 11.3 Å². The highest BCUT2D eigenvalue weighted by Crippen LogP contribution is 2.35. The zero-order valence-corrected chi connectivity index (χ0v) is 25.3. The number of aryl methyl sites for hydroxylation is 1. The number of aliphatic hydroxyl groups is 1. The van der Waals surface area contributed by atoms with Gasteiger partial charge in [-0.2, -0.15) is 0 Å². The Morgan fingerprint density at radius 2 is 1.67 bits per heavy atom. The number of fused-ring (bicyclic) bond motifs is 3. The number of carbonyl (C=O) groups is 1. The molecule has 0 radical (unpaired) electrons. The number of carbonyl (C=O) groups excluding carboxylic acids is 1. The summed E-state index contributed by atoms with van der Waals surface area (Å²) in [5.41, 5.74) is 3.57. The third kappa shape index (κ3) is 5.21. The van der Waals surface area contributed by atoms with Crippen LogP contribution in [0.4, 0.5) is 0 Å². The first-order valence-electron chi connectivity index (χ1n) is 13.9. The molecule has 13 heteroatoms. The summed E-state index contributed by atoms with van der Waals surface area (Å²) in [5, 5.41) is 9.31. The van der Waals surface area contributed by atoms with Gasteiger partial charge in [0.05, 0.1) is 39.3 Å². The molecule has 0 spiro atoms. The number of aromatic nitrogens is 4. The number of rotatable bonds is 7. The van der Waals surface area contributed by atoms with Crippen LogP contribution in [0.3, 0.4) is 0 Å². The third-order valence-corrected chi connectivity index (χ3v) is 10.7. The summed E-state index contributed by atoms with van der Waals surface area (Å²) in [7, 11) is -7.34. The average molecular weight is 622 g/mol. The van der Waals surface area contributed by atoms with Crippen molar-refractivity contribution in [1.29, 1.82) is 0 Å². The van der Waals surface area contributed by atoms with Crippen molar-refractivity contribution >= 4 is 42.4 Å². The van der Waals surface area contributed by atoms with Gasteiger partial charge in [-0.3, -0.25) is 9.20 Å². The Labute approximate surface area is 249 Å². The van der Waals surface area contributed by atoms with Gasteiger partial charge in [0.2, 0.25) is 5.91 Å². The van der Waals surface area contributed by atoms with Crippen LogP contribution in [-0.4, -0.2) is 77.0 Å². The number of piperidine rings is 1. The predicted octanol–water partition coefficient (Wildman–Crippen LogP) is 3.39. The molecule has 43 heavy (non-hydrogen) atoms. The maximum atomic E-state index is 13.6. The smallest absolute Gasteiger partial charge is 0.269 e. The topological polar surface area (TPSA) is 144 Å². The minimum absolute atomic E-state index is 0.0425. The van der Waals surface area contributed by atoms with Crippen LogP contribution in [0.25, 0.3) is 27.9 Å². The zero-order chi connectivity index (χ0) is 30.5. The van der Waals surface area contributed by atoms with Crippen molar-refractivity contribution in [1.82, 2.24) is 23.2 Å². The fourth-order valence-electron chi connectivity index (χ4n) is 5.67. The molecule has 1 saturated heterocycles. The summed E-state index contributed by atoms with van der Waals surface area (Å²) in [4.78, 5) is 24.3. The lowest BCUT2D eigenvalue weighted by Crippen LogP contribution is -2.39. The number of amides is 1. The van der Waals surface area contributed by atoms with Crippen molar-refractivity contribution in [3.05, 3.63) is 78.4 Å². The van der Waals surface area contributed by atoms with Crippen LogP contribution < -0.4 is 0 Å². The van der Waals surface area contributed by atoms with Crippen molar-refractivity contribution in [2.75, 3.05) is 26.0 Å². The summed E-state index contributed by atoms with van der Waals surface area (Å²) in [6.07, 6.45) is 5.74. The second kappa shape index (κ2) is 10.9. The molecule has 1 aliphatic rings. The molecule has 1 fully saturated rings. The molecule has 0 saturated carbocycles. The van der Waals surface area contributed by atoms with E-state index in [4.69, 9.17) is 4.98 Å². The van der Waals surface area contributed by atoms with E-state index < -0.39 is 19.9 Å². The van der Waals surface area contributed by atoms with Crippen LogP contribution in [-0.2, 0) is 24.7 Å². The number of aliphatic hydroxyl groups excluding tert-OH is 1. The Balaban J connectivity index is 1.54. The summed E-state index contributed by atoms with van der Waals surface area (Å²) >= 11 is 0. The molecule has 11 nitrogen and oxygen atoms in total. The van der Waals surface area contributed by atoms with Gasteiger partial charge in [-0.05, 0) is 50.1 Å². The molecule has 1 amide bonds. The van der Waals surface area contributed by atoms with Crippen molar-refractivity contribution < 1.29 is 26.7 Å². The van der Waals surface area contributed by atoms with Gasteiger partial charge in [-0.15, -0.1) is 0 Å². The number of nitrogens with zero attached hydrogens (tertiary/aromatic N) is 5. The molecule has 0 aliphatic carbocycles. The van der Waals surface area contributed by atoms with Crippen molar-refractivity contribution in [2.24, 2.45) is 0 Å². The molecule has 224 valence electrons. The lowest BCUT2D eigenvalue weighted by Gasteiger charge is -2.32. The van der Waals surface area contributed by atoms with Crippen LogP contribution in [0, 0.1) is 6.92 Å².